The summed E-state index contributed by atoms with van der Waals surface area (Å²) in [5, 5.41) is 30.3. The van der Waals surface area contributed by atoms with Gasteiger partial charge >= 0.3 is 0 Å². The van der Waals surface area contributed by atoms with Crippen LogP contribution in [-0.2, 0) is 0 Å². The van der Waals surface area contributed by atoms with Crippen molar-refractivity contribution in [2.45, 2.75) is 0 Å². The summed E-state index contributed by atoms with van der Waals surface area (Å²) in [5.41, 5.74) is -0.0649. The topological polar surface area (TPSA) is 90.9 Å². The number of halogens is 1. The molecule has 0 radical (unpaired) electrons. The first-order valence-corrected chi connectivity index (χ1v) is 8.03. The summed E-state index contributed by atoms with van der Waals surface area (Å²) < 4.78 is 19.5. The molecule has 27 heavy (non-hydrogen) atoms. The quantitative estimate of drug-likeness (QED) is 0.459. The number of aromatic hydroxyl groups is 3. The van der Waals surface area contributed by atoms with Crippen molar-refractivity contribution in [3.63, 3.8) is 0 Å². The molecule has 4 rings (SSSR count). The maximum absolute atomic E-state index is 13.7. The molecule has 0 amide bonds. The Bertz CT molecular complexity index is 1230. The normalized spacial score (nSPS) is 11.0. The molecule has 0 spiro atoms. The number of phenolic OH excluding ortho intramolecular Hbond substituents is 3. The van der Waals surface area contributed by atoms with Crippen LogP contribution in [0.5, 0.6) is 17.2 Å². The molecule has 134 valence electrons. The van der Waals surface area contributed by atoms with E-state index < -0.39 is 28.5 Å². The van der Waals surface area contributed by atoms with E-state index in [0.29, 0.717) is 5.56 Å². The van der Waals surface area contributed by atoms with Gasteiger partial charge in [0.05, 0.1) is 5.56 Å². The number of phenols is 3. The molecule has 0 unspecified atom stereocenters. The van der Waals surface area contributed by atoms with Crippen LogP contribution in [0.3, 0.4) is 0 Å². The zero-order valence-corrected chi connectivity index (χ0v) is 13.8. The standard InChI is InChI=1S/C21H13FO5/c22-13-8-4-7-12(9-13)16-18(24)20(26)19(25)17-14(23)10-15(27-21(16)17)11-5-2-1-3-6-11/h1-10,24-26H. The zero-order valence-electron chi connectivity index (χ0n) is 13.8. The van der Waals surface area contributed by atoms with Crippen LogP contribution in [0.25, 0.3) is 33.4 Å². The Morgan fingerprint density at radius 2 is 1.48 bits per heavy atom. The van der Waals surface area contributed by atoms with Crippen LogP contribution in [0.4, 0.5) is 4.39 Å². The highest BCUT2D eigenvalue weighted by molar-refractivity contribution is 6.02. The summed E-state index contributed by atoms with van der Waals surface area (Å²) in [6.07, 6.45) is 0. The van der Waals surface area contributed by atoms with Gasteiger partial charge < -0.3 is 19.7 Å². The van der Waals surface area contributed by atoms with Crippen LogP contribution in [0, 0.1) is 5.82 Å². The lowest BCUT2D eigenvalue weighted by atomic mass is 9.99. The van der Waals surface area contributed by atoms with Gasteiger partial charge in [-0.15, -0.1) is 0 Å². The Morgan fingerprint density at radius 3 is 2.19 bits per heavy atom. The monoisotopic (exact) mass is 364 g/mol. The van der Waals surface area contributed by atoms with Gasteiger partial charge in [-0.25, -0.2) is 4.39 Å². The summed E-state index contributed by atoms with van der Waals surface area (Å²) in [4.78, 5) is 12.6. The van der Waals surface area contributed by atoms with Gasteiger partial charge in [0.15, 0.2) is 22.5 Å². The van der Waals surface area contributed by atoms with Crippen molar-refractivity contribution < 1.29 is 24.1 Å². The number of fused-ring (bicyclic) bond motifs is 1. The molecule has 0 fully saturated rings. The fourth-order valence-corrected chi connectivity index (χ4v) is 3.01. The van der Waals surface area contributed by atoms with E-state index in [1.54, 1.807) is 30.3 Å². The molecule has 3 aromatic carbocycles. The lowest BCUT2D eigenvalue weighted by Gasteiger charge is -2.13. The molecule has 0 aliphatic carbocycles. The zero-order chi connectivity index (χ0) is 19.1. The van der Waals surface area contributed by atoms with E-state index in [0.717, 1.165) is 6.07 Å². The van der Waals surface area contributed by atoms with E-state index in [9.17, 15) is 24.5 Å². The SMILES string of the molecule is O=c1cc(-c2ccccc2)oc2c(-c3cccc(F)c3)c(O)c(O)c(O)c12. The van der Waals surface area contributed by atoms with E-state index in [4.69, 9.17) is 4.42 Å². The molecule has 6 heteroatoms. The minimum atomic E-state index is -0.874. The van der Waals surface area contributed by atoms with Crippen molar-refractivity contribution in [2.24, 2.45) is 0 Å². The molecule has 0 aliphatic heterocycles. The second-order valence-corrected chi connectivity index (χ2v) is 5.98. The third-order valence-electron chi connectivity index (χ3n) is 4.27. The van der Waals surface area contributed by atoms with Gasteiger partial charge in [0, 0.05) is 11.6 Å². The average molecular weight is 364 g/mol. The Morgan fingerprint density at radius 1 is 0.778 bits per heavy atom. The van der Waals surface area contributed by atoms with Crippen molar-refractivity contribution >= 4 is 11.0 Å². The third kappa shape index (κ3) is 2.67. The maximum atomic E-state index is 13.7. The van der Waals surface area contributed by atoms with Crippen LogP contribution in [0.1, 0.15) is 0 Å². The van der Waals surface area contributed by atoms with Gasteiger partial charge in [-0.3, -0.25) is 4.79 Å². The molecular formula is C21H13FO5. The Balaban J connectivity index is 2.16. The van der Waals surface area contributed by atoms with Crippen molar-refractivity contribution in [2.75, 3.05) is 0 Å². The molecule has 0 atom stereocenters. The molecule has 3 N–H and O–H groups in total. The summed E-state index contributed by atoms with van der Waals surface area (Å²) >= 11 is 0. The highest BCUT2D eigenvalue weighted by Crippen LogP contribution is 2.48. The van der Waals surface area contributed by atoms with Crippen molar-refractivity contribution in [3.8, 4) is 39.7 Å². The van der Waals surface area contributed by atoms with Crippen molar-refractivity contribution in [1.82, 2.24) is 0 Å². The lowest BCUT2D eigenvalue weighted by molar-refractivity contribution is 0.371. The van der Waals surface area contributed by atoms with Crippen LogP contribution in [-0.4, -0.2) is 15.3 Å². The number of hydrogen-bond donors (Lipinski definition) is 3. The highest BCUT2D eigenvalue weighted by atomic mass is 19.1. The molecule has 1 aromatic heterocycles. The largest absolute Gasteiger partial charge is 0.504 e. The summed E-state index contributed by atoms with van der Waals surface area (Å²) in [6.45, 7) is 0. The van der Waals surface area contributed by atoms with Crippen molar-refractivity contribution in [3.05, 3.63) is 76.7 Å². The third-order valence-corrected chi connectivity index (χ3v) is 4.27. The van der Waals surface area contributed by atoms with Crippen LogP contribution >= 0.6 is 0 Å². The van der Waals surface area contributed by atoms with E-state index in [1.165, 1.54) is 24.3 Å². The fourth-order valence-electron chi connectivity index (χ4n) is 3.01. The Labute approximate surface area is 152 Å². The van der Waals surface area contributed by atoms with Gasteiger partial charge in [0.2, 0.25) is 5.75 Å². The number of hydrogen-bond acceptors (Lipinski definition) is 5. The van der Waals surface area contributed by atoms with Gasteiger partial charge in [-0.05, 0) is 17.7 Å². The van der Waals surface area contributed by atoms with Gasteiger partial charge in [-0.1, -0.05) is 42.5 Å². The lowest BCUT2D eigenvalue weighted by Crippen LogP contribution is -2.02. The number of benzene rings is 3. The predicted molar refractivity (Wildman–Crippen MR) is 98.3 cm³/mol. The molecule has 5 nitrogen and oxygen atoms in total. The summed E-state index contributed by atoms with van der Waals surface area (Å²) in [5.74, 6) is -2.75. The van der Waals surface area contributed by atoms with Gasteiger partial charge in [-0.2, -0.15) is 0 Å². The molecule has 1 heterocycles. The molecule has 0 bridgehead atoms. The summed E-state index contributed by atoms with van der Waals surface area (Å²) in [6, 6.07) is 15.2. The highest BCUT2D eigenvalue weighted by Gasteiger charge is 2.24. The Hall–Kier alpha value is -3.80. The minimum absolute atomic E-state index is 0.0883. The predicted octanol–water partition coefficient (Wildman–Crippen LogP) is 4.38. The second kappa shape index (κ2) is 6.17. The number of rotatable bonds is 2. The summed E-state index contributed by atoms with van der Waals surface area (Å²) in [7, 11) is 0. The molecule has 0 aliphatic rings. The minimum Gasteiger partial charge on any atom is -0.504 e. The molecule has 4 aromatic rings. The molecule has 0 saturated heterocycles. The van der Waals surface area contributed by atoms with Crippen LogP contribution < -0.4 is 5.43 Å². The van der Waals surface area contributed by atoms with E-state index in [-0.39, 0.29) is 27.9 Å². The Kier molecular flexibility index (Phi) is 3.81. The first kappa shape index (κ1) is 16.7. The van der Waals surface area contributed by atoms with E-state index in [1.807, 2.05) is 0 Å². The molecular weight excluding hydrogens is 351 g/mol. The fraction of sp³-hybridized carbons (Fsp3) is 0. The van der Waals surface area contributed by atoms with Crippen molar-refractivity contribution in [1.29, 1.82) is 0 Å². The van der Waals surface area contributed by atoms with Gasteiger partial charge in [0.25, 0.3) is 0 Å². The molecule has 0 saturated carbocycles. The van der Waals surface area contributed by atoms with Gasteiger partial charge in [0.1, 0.15) is 17.0 Å². The average Bonchev–Trinajstić information content (AvgIpc) is 2.66. The first-order valence-electron chi connectivity index (χ1n) is 8.03. The van der Waals surface area contributed by atoms with Crippen LogP contribution in [0.2, 0.25) is 0 Å². The first-order chi connectivity index (χ1) is 13.0. The van der Waals surface area contributed by atoms with E-state index >= 15 is 0 Å². The second-order valence-electron chi connectivity index (χ2n) is 5.98. The maximum Gasteiger partial charge on any atom is 0.202 e. The van der Waals surface area contributed by atoms with Crippen LogP contribution in [0.15, 0.2) is 69.9 Å². The van der Waals surface area contributed by atoms with E-state index in [2.05, 4.69) is 0 Å². The smallest absolute Gasteiger partial charge is 0.202 e.